The van der Waals surface area contributed by atoms with Crippen molar-refractivity contribution in [3.05, 3.63) is 59.8 Å². The summed E-state index contributed by atoms with van der Waals surface area (Å²) in [4.78, 5) is 12.3. The molecule has 0 saturated heterocycles. The highest BCUT2D eigenvalue weighted by atomic mass is 19.2. The van der Waals surface area contributed by atoms with Crippen LogP contribution in [0, 0.1) is 11.6 Å². The van der Waals surface area contributed by atoms with Gasteiger partial charge in [0.25, 0.3) is 0 Å². The van der Waals surface area contributed by atoms with E-state index in [2.05, 4.69) is 0 Å². The maximum Gasteiger partial charge on any atom is 0.357 e. The first-order valence-electron chi connectivity index (χ1n) is 7.06. The third-order valence-electron chi connectivity index (χ3n) is 3.53. The number of anilines is 1. The number of hydrogen-bond acceptors (Lipinski definition) is 3. The van der Waals surface area contributed by atoms with E-state index in [4.69, 9.17) is 10.5 Å². The number of para-hydroxylation sites is 1. The molecule has 6 heteroatoms. The molecule has 0 saturated carbocycles. The van der Waals surface area contributed by atoms with Crippen molar-refractivity contribution in [3.63, 3.8) is 0 Å². The number of carbonyl (C=O) groups excluding carboxylic acids is 1. The van der Waals surface area contributed by atoms with Gasteiger partial charge in [-0.25, -0.2) is 13.6 Å². The van der Waals surface area contributed by atoms with E-state index in [0.717, 1.165) is 12.1 Å². The van der Waals surface area contributed by atoms with Gasteiger partial charge in [-0.05, 0) is 25.1 Å². The second kappa shape index (κ2) is 5.72. The number of rotatable bonds is 3. The summed E-state index contributed by atoms with van der Waals surface area (Å²) in [5, 5.41) is 0.260. The molecule has 118 valence electrons. The lowest BCUT2D eigenvalue weighted by Gasteiger charge is -2.10. The lowest BCUT2D eigenvalue weighted by atomic mass is 10.2. The number of carbonyl (C=O) groups is 1. The van der Waals surface area contributed by atoms with E-state index in [1.165, 1.54) is 4.57 Å². The van der Waals surface area contributed by atoms with Crippen molar-refractivity contribution in [2.24, 2.45) is 0 Å². The number of esters is 1. The molecule has 0 aliphatic carbocycles. The summed E-state index contributed by atoms with van der Waals surface area (Å²) in [6.45, 7) is 1.83. The summed E-state index contributed by atoms with van der Waals surface area (Å²) in [6.07, 6.45) is 0. The summed E-state index contributed by atoms with van der Waals surface area (Å²) in [7, 11) is 0. The van der Waals surface area contributed by atoms with Gasteiger partial charge in [-0.3, -0.25) is 0 Å². The first kappa shape index (κ1) is 15.0. The molecule has 3 rings (SSSR count). The minimum Gasteiger partial charge on any atom is -0.461 e. The maximum absolute atomic E-state index is 13.7. The molecule has 0 radical (unpaired) electrons. The number of nitrogen functional groups attached to an aromatic ring is 1. The number of ether oxygens (including phenoxy) is 1. The number of fused-ring (bicyclic) bond motifs is 1. The van der Waals surface area contributed by atoms with E-state index in [-0.39, 0.29) is 23.4 Å². The molecule has 4 nitrogen and oxygen atoms in total. The van der Waals surface area contributed by atoms with Crippen LogP contribution in [0.4, 0.5) is 14.5 Å². The molecule has 0 atom stereocenters. The Morgan fingerprint density at radius 2 is 1.83 bits per heavy atom. The van der Waals surface area contributed by atoms with Crippen molar-refractivity contribution in [3.8, 4) is 5.69 Å². The van der Waals surface area contributed by atoms with E-state index in [0.29, 0.717) is 11.2 Å². The van der Waals surface area contributed by atoms with Crippen molar-refractivity contribution in [2.75, 3.05) is 12.3 Å². The zero-order chi connectivity index (χ0) is 16.6. The normalized spacial score (nSPS) is 10.9. The van der Waals surface area contributed by atoms with Crippen molar-refractivity contribution in [1.29, 1.82) is 0 Å². The maximum atomic E-state index is 13.7. The Morgan fingerprint density at radius 1 is 1.17 bits per heavy atom. The number of nitrogens with two attached hydrogens (primary N) is 1. The average molecular weight is 316 g/mol. The van der Waals surface area contributed by atoms with Gasteiger partial charge < -0.3 is 15.0 Å². The van der Waals surface area contributed by atoms with Crippen LogP contribution in [0.25, 0.3) is 16.6 Å². The number of hydrogen-bond donors (Lipinski definition) is 1. The van der Waals surface area contributed by atoms with Crippen LogP contribution in [-0.4, -0.2) is 17.1 Å². The SMILES string of the molecule is CCOC(=O)c1c(N)c2cc(F)c(F)cc2n1-c1ccccc1. The van der Waals surface area contributed by atoms with Gasteiger partial charge in [0.1, 0.15) is 0 Å². The fourth-order valence-electron chi connectivity index (χ4n) is 2.55. The second-order valence-corrected chi connectivity index (χ2v) is 4.94. The summed E-state index contributed by atoms with van der Waals surface area (Å²) in [5.74, 6) is -2.68. The zero-order valence-electron chi connectivity index (χ0n) is 12.3. The molecule has 1 aromatic heterocycles. The minimum atomic E-state index is -1.02. The third-order valence-corrected chi connectivity index (χ3v) is 3.53. The van der Waals surface area contributed by atoms with E-state index in [1.807, 2.05) is 6.07 Å². The Morgan fingerprint density at radius 3 is 2.48 bits per heavy atom. The molecule has 0 bridgehead atoms. The highest BCUT2D eigenvalue weighted by Gasteiger charge is 2.24. The average Bonchev–Trinajstić information content (AvgIpc) is 2.82. The lowest BCUT2D eigenvalue weighted by molar-refractivity contribution is 0.0519. The summed E-state index contributed by atoms with van der Waals surface area (Å²) >= 11 is 0. The minimum absolute atomic E-state index is 0.0537. The van der Waals surface area contributed by atoms with Gasteiger partial charge in [-0.1, -0.05) is 18.2 Å². The third kappa shape index (κ3) is 2.42. The molecule has 0 spiro atoms. The van der Waals surface area contributed by atoms with E-state index < -0.39 is 17.6 Å². The van der Waals surface area contributed by atoms with Crippen LogP contribution in [0.15, 0.2) is 42.5 Å². The monoisotopic (exact) mass is 316 g/mol. The molecule has 2 aromatic carbocycles. The predicted molar refractivity (Wildman–Crippen MR) is 83.6 cm³/mol. The van der Waals surface area contributed by atoms with Crippen molar-refractivity contribution in [2.45, 2.75) is 6.92 Å². The first-order chi connectivity index (χ1) is 11.0. The molecule has 0 amide bonds. The predicted octanol–water partition coefficient (Wildman–Crippen LogP) is 3.67. The van der Waals surface area contributed by atoms with Gasteiger partial charge in [0.15, 0.2) is 17.3 Å². The molecule has 2 N–H and O–H groups in total. The Kier molecular flexibility index (Phi) is 3.73. The largest absolute Gasteiger partial charge is 0.461 e. The van der Waals surface area contributed by atoms with Crippen molar-refractivity contribution >= 4 is 22.6 Å². The number of halogens is 2. The van der Waals surface area contributed by atoms with Gasteiger partial charge in [-0.2, -0.15) is 0 Å². The molecule has 0 fully saturated rings. The zero-order valence-corrected chi connectivity index (χ0v) is 12.3. The number of aromatic nitrogens is 1. The molecular formula is C17H14F2N2O2. The van der Waals surface area contributed by atoms with Crippen LogP contribution in [0.2, 0.25) is 0 Å². The standard InChI is InChI=1S/C17H14F2N2O2/c1-2-23-17(22)16-15(20)11-8-12(18)13(19)9-14(11)21(16)10-6-4-3-5-7-10/h3-9H,2,20H2,1H3. The Hall–Kier alpha value is -2.89. The topological polar surface area (TPSA) is 57.2 Å². The van der Waals surface area contributed by atoms with E-state index in [9.17, 15) is 13.6 Å². The van der Waals surface area contributed by atoms with Crippen LogP contribution < -0.4 is 5.73 Å². The van der Waals surface area contributed by atoms with Gasteiger partial charge in [0.05, 0.1) is 17.8 Å². The van der Waals surface area contributed by atoms with Crippen molar-refractivity contribution < 1.29 is 18.3 Å². The van der Waals surface area contributed by atoms with Crippen LogP contribution in [0.1, 0.15) is 17.4 Å². The molecule has 23 heavy (non-hydrogen) atoms. The summed E-state index contributed by atoms with van der Waals surface area (Å²) in [5.41, 5.74) is 7.03. The van der Waals surface area contributed by atoms with Gasteiger partial charge >= 0.3 is 5.97 Å². The highest BCUT2D eigenvalue weighted by molar-refractivity contribution is 6.07. The first-order valence-corrected chi connectivity index (χ1v) is 7.06. The molecular weight excluding hydrogens is 302 g/mol. The van der Waals surface area contributed by atoms with Crippen LogP contribution in [-0.2, 0) is 4.74 Å². The smallest absolute Gasteiger partial charge is 0.357 e. The molecule has 3 aromatic rings. The van der Waals surface area contributed by atoms with Crippen LogP contribution in [0.5, 0.6) is 0 Å². The van der Waals surface area contributed by atoms with Gasteiger partial charge in [0, 0.05) is 17.1 Å². The fourth-order valence-corrected chi connectivity index (χ4v) is 2.55. The quantitative estimate of drug-likeness (QED) is 0.750. The Labute approximate surface area is 131 Å². The second-order valence-electron chi connectivity index (χ2n) is 4.94. The van der Waals surface area contributed by atoms with E-state index in [1.54, 1.807) is 31.2 Å². The van der Waals surface area contributed by atoms with E-state index >= 15 is 0 Å². The summed E-state index contributed by atoms with van der Waals surface area (Å²) < 4.78 is 33.8. The molecule has 0 unspecified atom stereocenters. The van der Waals surface area contributed by atoms with Gasteiger partial charge in [0.2, 0.25) is 0 Å². The number of nitrogens with zero attached hydrogens (tertiary/aromatic N) is 1. The van der Waals surface area contributed by atoms with Crippen molar-refractivity contribution in [1.82, 2.24) is 4.57 Å². The van der Waals surface area contributed by atoms with Crippen LogP contribution >= 0.6 is 0 Å². The Balaban J connectivity index is 2.40. The molecule has 0 aliphatic rings. The summed E-state index contributed by atoms with van der Waals surface area (Å²) in [6, 6.07) is 10.8. The fraction of sp³-hybridized carbons (Fsp3) is 0.118. The Bertz CT molecular complexity index is 889. The molecule has 1 heterocycles. The lowest BCUT2D eigenvalue weighted by Crippen LogP contribution is -2.13. The van der Waals surface area contributed by atoms with Crippen LogP contribution in [0.3, 0.4) is 0 Å². The highest BCUT2D eigenvalue weighted by Crippen LogP contribution is 2.33. The number of benzene rings is 2. The molecule has 0 aliphatic heterocycles. The van der Waals surface area contributed by atoms with Gasteiger partial charge in [-0.15, -0.1) is 0 Å².